The highest BCUT2D eigenvalue weighted by molar-refractivity contribution is 5.68. The second-order valence-corrected chi connectivity index (χ2v) is 4.75. The summed E-state index contributed by atoms with van der Waals surface area (Å²) >= 11 is 0. The number of anilines is 1. The molecule has 0 bridgehead atoms. The Morgan fingerprint density at radius 2 is 1.50 bits per heavy atom. The summed E-state index contributed by atoms with van der Waals surface area (Å²) in [5.41, 5.74) is -0.0638. The van der Waals surface area contributed by atoms with E-state index in [9.17, 15) is 13.2 Å². The molecular formula is C20H22F3N3. The van der Waals surface area contributed by atoms with Crippen LogP contribution in [0, 0.1) is 0 Å². The number of aromatic nitrogens is 2. The lowest BCUT2D eigenvalue weighted by molar-refractivity contribution is -0.137. The van der Waals surface area contributed by atoms with Crippen molar-refractivity contribution in [1.82, 2.24) is 9.97 Å². The van der Waals surface area contributed by atoms with Gasteiger partial charge < -0.3 is 5.32 Å². The van der Waals surface area contributed by atoms with E-state index in [0.29, 0.717) is 11.4 Å². The second-order valence-electron chi connectivity index (χ2n) is 4.75. The van der Waals surface area contributed by atoms with E-state index in [1.54, 1.807) is 37.6 Å². The molecule has 6 heteroatoms. The number of rotatable bonds is 2. The summed E-state index contributed by atoms with van der Waals surface area (Å²) in [6, 6.07) is 14.4. The molecule has 0 amide bonds. The zero-order valence-electron chi connectivity index (χ0n) is 15.0. The van der Waals surface area contributed by atoms with Crippen molar-refractivity contribution in [2.24, 2.45) is 0 Å². The van der Waals surface area contributed by atoms with Crippen molar-refractivity contribution in [1.29, 1.82) is 0 Å². The van der Waals surface area contributed by atoms with E-state index in [0.717, 1.165) is 6.07 Å². The molecule has 0 unspecified atom stereocenters. The van der Waals surface area contributed by atoms with Crippen LogP contribution >= 0.6 is 0 Å². The largest absolute Gasteiger partial charge is 0.417 e. The highest BCUT2D eigenvalue weighted by atomic mass is 19.4. The molecule has 0 saturated heterocycles. The number of benzene rings is 1. The third-order valence-electron chi connectivity index (χ3n) is 3.13. The monoisotopic (exact) mass is 361 g/mol. The molecule has 138 valence electrons. The molecule has 1 aromatic carbocycles. The molecule has 0 radical (unpaired) electrons. The van der Waals surface area contributed by atoms with Gasteiger partial charge in [0.1, 0.15) is 5.82 Å². The average molecular weight is 361 g/mol. The van der Waals surface area contributed by atoms with Gasteiger partial charge in [-0.3, -0.25) is 4.98 Å². The first-order chi connectivity index (χ1) is 12.5. The van der Waals surface area contributed by atoms with Crippen molar-refractivity contribution in [3.63, 3.8) is 0 Å². The molecule has 2 aromatic heterocycles. The Kier molecular flexibility index (Phi) is 8.84. The van der Waals surface area contributed by atoms with Gasteiger partial charge in [0, 0.05) is 31.2 Å². The minimum Gasteiger partial charge on any atom is -0.373 e. The van der Waals surface area contributed by atoms with Crippen molar-refractivity contribution in [2.75, 3.05) is 12.4 Å². The second kappa shape index (κ2) is 10.9. The Morgan fingerprint density at radius 3 is 1.92 bits per heavy atom. The van der Waals surface area contributed by atoms with Gasteiger partial charge in [0.15, 0.2) is 0 Å². The molecule has 26 heavy (non-hydrogen) atoms. The lowest BCUT2D eigenvalue weighted by Crippen LogP contribution is -2.07. The Bertz CT molecular complexity index is 716. The molecule has 0 aliphatic heterocycles. The third kappa shape index (κ3) is 6.55. The third-order valence-corrected chi connectivity index (χ3v) is 3.13. The molecule has 3 nitrogen and oxygen atoms in total. The van der Waals surface area contributed by atoms with Crippen molar-refractivity contribution in [2.45, 2.75) is 20.0 Å². The Morgan fingerprint density at radius 1 is 0.846 bits per heavy atom. The molecule has 2 heterocycles. The fourth-order valence-corrected chi connectivity index (χ4v) is 2.00. The van der Waals surface area contributed by atoms with Crippen LogP contribution in [0.25, 0.3) is 11.1 Å². The molecule has 0 aliphatic rings. The van der Waals surface area contributed by atoms with E-state index in [1.165, 1.54) is 18.3 Å². The van der Waals surface area contributed by atoms with E-state index < -0.39 is 11.7 Å². The van der Waals surface area contributed by atoms with Gasteiger partial charge >= 0.3 is 6.18 Å². The van der Waals surface area contributed by atoms with E-state index in [-0.39, 0.29) is 5.56 Å². The smallest absolute Gasteiger partial charge is 0.373 e. The van der Waals surface area contributed by atoms with Crippen LogP contribution in [0.15, 0.2) is 73.2 Å². The summed E-state index contributed by atoms with van der Waals surface area (Å²) in [6.07, 6.45) is 0.564. The topological polar surface area (TPSA) is 37.8 Å². The summed E-state index contributed by atoms with van der Waals surface area (Å²) in [7, 11) is 1.70. The van der Waals surface area contributed by atoms with E-state index in [4.69, 9.17) is 0 Å². The molecule has 0 fully saturated rings. The molecule has 0 atom stereocenters. The van der Waals surface area contributed by atoms with E-state index in [1.807, 2.05) is 32.0 Å². The maximum absolute atomic E-state index is 12.8. The Balaban J connectivity index is 0.000000353. The van der Waals surface area contributed by atoms with Crippen LogP contribution in [-0.4, -0.2) is 17.0 Å². The number of halogens is 3. The van der Waals surface area contributed by atoms with Gasteiger partial charge in [-0.25, -0.2) is 4.98 Å². The van der Waals surface area contributed by atoms with Crippen LogP contribution < -0.4 is 5.32 Å². The van der Waals surface area contributed by atoms with Gasteiger partial charge in [-0.1, -0.05) is 38.1 Å². The summed E-state index contributed by atoms with van der Waals surface area (Å²) < 4.78 is 38.5. The van der Waals surface area contributed by atoms with Crippen LogP contribution in [0.5, 0.6) is 0 Å². The first-order valence-corrected chi connectivity index (χ1v) is 8.18. The Labute approximate surface area is 152 Å². The van der Waals surface area contributed by atoms with E-state index in [2.05, 4.69) is 15.3 Å². The number of hydrogen-bond donors (Lipinski definition) is 1. The zero-order valence-corrected chi connectivity index (χ0v) is 15.0. The van der Waals surface area contributed by atoms with Crippen molar-refractivity contribution in [3.8, 4) is 11.1 Å². The molecule has 0 aliphatic carbocycles. The standard InChI is InChI=1S/C13H11F3N2.C5H5N.C2H6/c1-17-12-7-6-9(8-18-12)10-4-2-3-5-11(10)13(14,15)16;1-2-4-6-5-3-1;1-2/h2-8H,1H3,(H,17,18);1-5H;1-2H3. The number of nitrogens with zero attached hydrogens (tertiary/aromatic N) is 2. The molecule has 1 N–H and O–H groups in total. The van der Waals surface area contributed by atoms with Crippen molar-refractivity contribution >= 4 is 5.82 Å². The van der Waals surface area contributed by atoms with Gasteiger partial charge in [0.05, 0.1) is 5.56 Å². The minimum absolute atomic E-state index is 0.139. The fourth-order valence-electron chi connectivity index (χ4n) is 2.00. The van der Waals surface area contributed by atoms with Crippen LogP contribution in [0.4, 0.5) is 19.0 Å². The van der Waals surface area contributed by atoms with Gasteiger partial charge in [-0.2, -0.15) is 13.2 Å². The summed E-state index contributed by atoms with van der Waals surface area (Å²) in [4.78, 5) is 7.80. The zero-order chi connectivity index (χ0) is 19.4. The molecule has 3 aromatic rings. The summed E-state index contributed by atoms with van der Waals surface area (Å²) in [6.45, 7) is 4.00. The Hall–Kier alpha value is -2.89. The van der Waals surface area contributed by atoms with Crippen molar-refractivity contribution in [3.05, 3.63) is 78.8 Å². The number of nitrogens with one attached hydrogen (secondary N) is 1. The minimum atomic E-state index is -4.36. The van der Waals surface area contributed by atoms with Crippen LogP contribution in [-0.2, 0) is 6.18 Å². The predicted octanol–water partition coefficient (Wildman–Crippen LogP) is 5.92. The first kappa shape index (κ1) is 21.2. The summed E-state index contributed by atoms with van der Waals surface area (Å²) in [5.74, 6) is 0.614. The lowest BCUT2D eigenvalue weighted by atomic mass is 10.0. The molecule has 3 rings (SSSR count). The molecule has 0 saturated carbocycles. The fraction of sp³-hybridized carbons (Fsp3) is 0.200. The van der Waals surface area contributed by atoms with E-state index >= 15 is 0 Å². The molecular weight excluding hydrogens is 339 g/mol. The maximum atomic E-state index is 12.8. The normalized spacial score (nSPS) is 9.92. The summed E-state index contributed by atoms with van der Waals surface area (Å²) in [5, 5.41) is 2.82. The highest BCUT2D eigenvalue weighted by Crippen LogP contribution is 2.36. The van der Waals surface area contributed by atoms with Gasteiger partial charge in [-0.05, 0) is 35.9 Å². The van der Waals surface area contributed by atoms with Crippen LogP contribution in [0.3, 0.4) is 0 Å². The van der Waals surface area contributed by atoms with Crippen molar-refractivity contribution < 1.29 is 13.2 Å². The van der Waals surface area contributed by atoms with Crippen LogP contribution in [0.2, 0.25) is 0 Å². The van der Waals surface area contributed by atoms with Gasteiger partial charge in [0.25, 0.3) is 0 Å². The van der Waals surface area contributed by atoms with Crippen LogP contribution in [0.1, 0.15) is 19.4 Å². The maximum Gasteiger partial charge on any atom is 0.417 e. The lowest BCUT2D eigenvalue weighted by Gasteiger charge is -2.12. The van der Waals surface area contributed by atoms with Gasteiger partial charge in [0.2, 0.25) is 0 Å². The number of alkyl halides is 3. The number of pyridine rings is 2. The first-order valence-electron chi connectivity index (χ1n) is 8.18. The predicted molar refractivity (Wildman–Crippen MR) is 99.8 cm³/mol. The van der Waals surface area contributed by atoms with Gasteiger partial charge in [-0.15, -0.1) is 0 Å². The molecule has 0 spiro atoms. The highest BCUT2D eigenvalue weighted by Gasteiger charge is 2.33. The number of hydrogen-bond acceptors (Lipinski definition) is 3. The SMILES string of the molecule is CC.CNc1ccc(-c2ccccc2C(F)(F)F)cn1.c1ccncc1. The quantitative estimate of drug-likeness (QED) is 0.616. The average Bonchev–Trinajstić information content (AvgIpc) is 2.71.